The van der Waals surface area contributed by atoms with Crippen LogP contribution in [-0.4, -0.2) is 29.6 Å². The van der Waals surface area contributed by atoms with Crippen LogP contribution in [0.2, 0.25) is 0 Å². The quantitative estimate of drug-likeness (QED) is 0.575. The van der Waals surface area contributed by atoms with Crippen molar-refractivity contribution < 1.29 is 14.7 Å². The van der Waals surface area contributed by atoms with E-state index in [4.69, 9.17) is 10.8 Å². The van der Waals surface area contributed by atoms with E-state index in [0.29, 0.717) is 19.4 Å². The number of nitrogens with one attached hydrogen (secondary N) is 1. The number of hydrogen-bond donors (Lipinski definition) is 3. The third kappa shape index (κ3) is 8.98. The highest BCUT2D eigenvalue weighted by Gasteiger charge is 2.22. The Hall–Kier alpha value is -1.10. The molecule has 0 rings (SSSR count). The third-order valence-corrected chi connectivity index (χ3v) is 2.91. The van der Waals surface area contributed by atoms with Gasteiger partial charge in [0.2, 0.25) is 5.91 Å². The molecule has 0 saturated carbocycles. The lowest BCUT2D eigenvalue weighted by Gasteiger charge is -2.26. The Balaban J connectivity index is 3.57. The van der Waals surface area contributed by atoms with Crippen molar-refractivity contribution in [3.8, 4) is 0 Å². The van der Waals surface area contributed by atoms with Gasteiger partial charge in [-0.05, 0) is 18.3 Å². The Morgan fingerprint density at radius 1 is 1.22 bits per heavy atom. The lowest BCUT2D eigenvalue weighted by atomic mass is 9.85. The molecule has 0 aromatic rings. The van der Waals surface area contributed by atoms with Gasteiger partial charge in [-0.15, -0.1) is 0 Å². The maximum absolute atomic E-state index is 11.6. The van der Waals surface area contributed by atoms with Gasteiger partial charge in [-0.3, -0.25) is 9.59 Å². The summed E-state index contributed by atoms with van der Waals surface area (Å²) in [5, 5.41) is 11.3. The lowest BCUT2D eigenvalue weighted by Crippen LogP contribution is -2.40. The van der Waals surface area contributed by atoms with E-state index in [2.05, 4.69) is 5.32 Å². The van der Waals surface area contributed by atoms with Crippen LogP contribution in [0.5, 0.6) is 0 Å². The molecule has 0 saturated heterocycles. The van der Waals surface area contributed by atoms with E-state index in [-0.39, 0.29) is 23.8 Å². The van der Waals surface area contributed by atoms with Crippen LogP contribution < -0.4 is 11.1 Å². The highest BCUT2D eigenvalue weighted by Crippen LogP contribution is 2.19. The van der Waals surface area contributed by atoms with Crippen molar-refractivity contribution in [2.45, 2.75) is 58.9 Å². The fraction of sp³-hybridized carbons (Fsp3) is 0.846. The van der Waals surface area contributed by atoms with Crippen LogP contribution in [0.4, 0.5) is 0 Å². The van der Waals surface area contributed by atoms with Crippen LogP contribution >= 0.6 is 0 Å². The van der Waals surface area contributed by atoms with E-state index >= 15 is 0 Å². The molecule has 5 heteroatoms. The fourth-order valence-corrected chi connectivity index (χ4v) is 1.38. The van der Waals surface area contributed by atoms with Crippen molar-refractivity contribution in [3.05, 3.63) is 0 Å². The standard InChI is InChI=1S/C13H26N2O3/c1-13(2,3)10(14)9-11(16)15-8-6-4-5-7-12(17)18/h10H,4-9,14H2,1-3H3,(H,15,16)(H,17,18). The molecule has 106 valence electrons. The van der Waals surface area contributed by atoms with Crippen LogP contribution in [0.15, 0.2) is 0 Å². The van der Waals surface area contributed by atoms with Gasteiger partial charge in [0.15, 0.2) is 0 Å². The molecule has 0 radical (unpaired) electrons. The number of carboxylic acid groups (broad SMARTS) is 1. The molecule has 0 fully saturated rings. The minimum Gasteiger partial charge on any atom is -0.481 e. The number of nitrogens with two attached hydrogens (primary N) is 1. The van der Waals surface area contributed by atoms with Crippen LogP contribution in [0.1, 0.15) is 52.9 Å². The zero-order valence-corrected chi connectivity index (χ0v) is 11.7. The Kier molecular flexibility index (Phi) is 7.59. The summed E-state index contributed by atoms with van der Waals surface area (Å²) in [6.45, 7) is 6.62. The van der Waals surface area contributed by atoms with Gasteiger partial charge in [-0.25, -0.2) is 0 Å². The van der Waals surface area contributed by atoms with Gasteiger partial charge in [-0.2, -0.15) is 0 Å². The molecule has 1 atom stereocenters. The van der Waals surface area contributed by atoms with Crippen molar-refractivity contribution in [3.63, 3.8) is 0 Å². The summed E-state index contributed by atoms with van der Waals surface area (Å²) in [5.41, 5.74) is 5.84. The van der Waals surface area contributed by atoms with E-state index in [1.54, 1.807) is 0 Å². The molecule has 0 aromatic carbocycles. The molecule has 0 aliphatic carbocycles. The first-order valence-corrected chi connectivity index (χ1v) is 6.47. The summed E-state index contributed by atoms with van der Waals surface area (Å²) in [4.78, 5) is 21.8. The monoisotopic (exact) mass is 258 g/mol. The first kappa shape index (κ1) is 16.9. The average Bonchev–Trinajstić information content (AvgIpc) is 2.21. The van der Waals surface area contributed by atoms with Crippen LogP contribution in [0.25, 0.3) is 0 Å². The van der Waals surface area contributed by atoms with Crippen molar-refractivity contribution in [2.75, 3.05) is 6.54 Å². The molecule has 18 heavy (non-hydrogen) atoms. The summed E-state index contributed by atoms with van der Waals surface area (Å²) in [7, 11) is 0. The zero-order chi connectivity index (χ0) is 14.2. The zero-order valence-electron chi connectivity index (χ0n) is 11.7. The molecule has 0 aromatic heterocycles. The van der Waals surface area contributed by atoms with Crippen LogP contribution in [0.3, 0.4) is 0 Å². The lowest BCUT2D eigenvalue weighted by molar-refractivity contribution is -0.137. The summed E-state index contributed by atoms with van der Waals surface area (Å²) in [6, 6.07) is -0.149. The van der Waals surface area contributed by atoms with Gasteiger partial charge in [0.25, 0.3) is 0 Å². The number of amides is 1. The second-order valence-corrected chi connectivity index (χ2v) is 5.73. The number of hydrogen-bond acceptors (Lipinski definition) is 3. The predicted molar refractivity (Wildman–Crippen MR) is 71.2 cm³/mol. The fourth-order valence-electron chi connectivity index (χ4n) is 1.38. The van der Waals surface area contributed by atoms with E-state index < -0.39 is 5.97 Å². The van der Waals surface area contributed by atoms with E-state index in [9.17, 15) is 9.59 Å². The van der Waals surface area contributed by atoms with Gasteiger partial charge in [0.05, 0.1) is 0 Å². The van der Waals surface area contributed by atoms with Crippen molar-refractivity contribution >= 4 is 11.9 Å². The number of aliphatic carboxylic acids is 1. The summed E-state index contributed by atoms with van der Waals surface area (Å²) in [5.74, 6) is -0.800. The topological polar surface area (TPSA) is 92.4 Å². The summed E-state index contributed by atoms with van der Waals surface area (Å²) >= 11 is 0. The molecule has 0 spiro atoms. The molecule has 0 aliphatic heterocycles. The number of carbonyl (C=O) groups is 2. The third-order valence-electron chi connectivity index (χ3n) is 2.91. The summed E-state index contributed by atoms with van der Waals surface area (Å²) in [6.07, 6.45) is 2.82. The van der Waals surface area contributed by atoms with E-state index in [0.717, 1.165) is 12.8 Å². The number of carbonyl (C=O) groups excluding carboxylic acids is 1. The molecule has 0 heterocycles. The van der Waals surface area contributed by atoms with Gasteiger partial charge in [-0.1, -0.05) is 27.2 Å². The van der Waals surface area contributed by atoms with Crippen LogP contribution in [0, 0.1) is 5.41 Å². The summed E-state index contributed by atoms with van der Waals surface area (Å²) < 4.78 is 0. The molecule has 5 nitrogen and oxygen atoms in total. The number of rotatable bonds is 8. The van der Waals surface area contributed by atoms with E-state index in [1.807, 2.05) is 20.8 Å². The Bertz CT molecular complexity index is 272. The normalized spacial score (nSPS) is 13.1. The van der Waals surface area contributed by atoms with Gasteiger partial charge in [0, 0.05) is 25.4 Å². The largest absolute Gasteiger partial charge is 0.481 e. The highest BCUT2D eigenvalue weighted by atomic mass is 16.4. The second kappa shape index (κ2) is 8.08. The SMILES string of the molecule is CC(C)(C)C(N)CC(=O)NCCCCCC(=O)O. The first-order valence-electron chi connectivity index (χ1n) is 6.47. The average molecular weight is 258 g/mol. The number of carboxylic acids is 1. The smallest absolute Gasteiger partial charge is 0.303 e. The van der Waals surface area contributed by atoms with Crippen LogP contribution in [-0.2, 0) is 9.59 Å². The highest BCUT2D eigenvalue weighted by molar-refractivity contribution is 5.76. The first-order chi connectivity index (χ1) is 8.23. The number of unbranched alkanes of at least 4 members (excludes halogenated alkanes) is 2. The molecular formula is C13H26N2O3. The molecule has 0 aliphatic rings. The predicted octanol–water partition coefficient (Wildman–Crippen LogP) is 1.51. The van der Waals surface area contributed by atoms with E-state index in [1.165, 1.54) is 0 Å². The molecule has 4 N–H and O–H groups in total. The molecule has 0 bridgehead atoms. The van der Waals surface area contributed by atoms with Crippen molar-refractivity contribution in [1.29, 1.82) is 0 Å². The Morgan fingerprint density at radius 3 is 2.33 bits per heavy atom. The maximum atomic E-state index is 11.6. The van der Waals surface area contributed by atoms with Crippen molar-refractivity contribution in [1.82, 2.24) is 5.32 Å². The molecular weight excluding hydrogens is 232 g/mol. The minimum absolute atomic E-state index is 0.0318. The van der Waals surface area contributed by atoms with Gasteiger partial charge in [0.1, 0.15) is 0 Å². The second-order valence-electron chi connectivity index (χ2n) is 5.73. The molecule has 1 amide bonds. The van der Waals surface area contributed by atoms with Gasteiger partial charge >= 0.3 is 5.97 Å². The van der Waals surface area contributed by atoms with Gasteiger partial charge < -0.3 is 16.2 Å². The molecule has 1 unspecified atom stereocenters. The Labute approximate surface area is 109 Å². The minimum atomic E-state index is -0.768. The maximum Gasteiger partial charge on any atom is 0.303 e. The Morgan fingerprint density at radius 2 is 1.83 bits per heavy atom. The van der Waals surface area contributed by atoms with Crippen molar-refractivity contribution in [2.24, 2.45) is 11.1 Å².